The van der Waals surface area contributed by atoms with Gasteiger partial charge >= 0.3 is 8.41 Å². The van der Waals surface area contributed by atoms with Gasteiger partial charge in [-0.25, -0.2) is 0 Å². The quantitative estimate of drug-likeness (QED) is 0.465. The Bertz CT molecular complexity index is 589. The van der Waals surface area contributed by atoms with Crippen LogP contribution in [-0.2, 0) is 6.42 Å². The molecule has 0 aliphatic carbocycles. The monoisotopic (exact) mass is 292 g/mol. The van der Waals surface area contributed by atoms with Gasteiger partial charge in [0.1, 0.15) is 0 Å². The van der Waals surface area contributed by atoms with Gasteiger partial charge in [-0.2, -0.15) is 0 Å². The molecule has 1 aromatic heterocycles. The third kappa shape index (κ3) is 3.77. The molecule has 0 bridgehead atoms. The number of nitrogens with zero attached hydrogens (tertiary/aromatic N) is 2. The summed E-state index contributed by atoms with van der Waals surface area (Å²) in [6, 6.07) is 11.0. The van der Waals surface area contributed by atoms with Crippen LogP contribution in [0.4, 0.5) is 0 Å². The number of benzene rings is 1. The number of hydrogen-bond donors (Lipinski definition) is 0. The summed E-state index contributed by atoms with van der Waals surface area (Å²) < 4.78 is 2.30. The fraction of sp³-hybridized carbons (Fsp3) is 0.267. The van der Waals surface area contributed by atoms with Gasteiger partial charge in [-0.05, 0) is 55.7 Å². The van der Waals surface area contributed by atoms with Gasteiger partial charge < -0.3 is 18.7 Å². The van der Waals surface area contributed by atoms with E-state index in [4.69, 9.17) is 0 Å². The average Bonchev–Trinajstić information content (AvgIpc) is 2.68. The fourth-order valence-corrected chi connectivity index (χ4v) is 2.50. The van der Waals surface area contributed by atoms with E-state index in [0.717, 1.165) is 13.0 Å². The van der Waals surface area contributed by atoms with Crippen LogP contribution in [0.1, 0.15) is 22.5 Å². The number of aromatic nitrogens is 1. The van der Waals surface area contributed by atoms with Crippen molar-refractivity contribution in [1.29, 1.82) is 0 Å². The summed E-state index contributed by atoms with van der Waals surface area (Å²) in [6.45, 7) is 5.21. The molecule has 0 atom stereocenters. The molecule has 0 N–H and O–H groups in total. The Balaban J connectivity index is 0. The molecule has 0 saturated heterocycles. The smallest absolute Gasteiger partial charge is 1.00 e. The molecule has 0 unspecified atom stereocenters. The van der Waals surface area contributed by atoms with Crippen molar-refractivity contribution in [3.63, 3.8) is 0 Å². The van der Waals surface area contributed by atoms with Crippen LogP contribution >= 0.6 is 0 Å². The molecule has 0 saturated carbocycles. The van der Waals surface area contributed by atoms with Crippen LogP contribution in [-0.4, -0.2) is 25.7 Å². The molecular formula is C15H16BF3N2. The van der Waals surface area contributed by atoms with Crippen molar-refractivity contribution in [3.8, 4) is 5.69 Å². The topological polar surface area (TPSA) is 17.3 Å². The zero-order valence-corrected chi connectivity index (χ0v) is 12.0. The summed E-state index contributed by atoms with van der Waals surface area (Å²) in [6.07, 6.45) is 3.04. The summed E-state index contributed by atoms with van der Waals surface area (Å²) in [5, 5.41) is 0. The number of rotatable bonds is 1. The van der Waals surface area contributed by atoms with E-state index >= 15 is 0 Å². The van der Waals surface area contributed by atoms with Crippen LogP contribution in [0.25, 0.3) is 5.69 Å². The van der Waals surface area contributed by atoms with E-state index < -0.39 is 0 Å². The number of halogens is 3. The van der Waals surface area contributed by atoms with Crippen molar-refractivity contribution in [2.24, 2.45) is 4.99 Å². The number of aryl methyl sites for hydroxylation is 2. The van der Waals surface area contributed by atoms with Crippen molar-refractivity contribution in [1.82, 2.24) is 4.57 Å². The molecule has 21 heavy (non-hydrogen) atoms. The van der Waals surface area contributed by atoms with Crippen molar-refractivity contribution in [3.05, 3.63) is 52.8 Å². The molecule has 110 valence electrons. The molecule has 1 aromatic carbocycles. The van der Waals surface area contributed by atoms with E-state index in [9.17, 15) is 0 Å². The Morgan fingerprint density at radius 2 is 1.57 bits per heavy atom. The van der Waals surface area contributed by atoms with Crippen LogP contribution < -0.4 is 14.1 Å². The molecule has 2 nitrogen and oxygen atoms in total. The normalized spacial score (nSPS) is 11.1. The molecule has 0 fully saturated rings. The standard InChI is InChI=1S/C15H16N2.B.3FH/c1-11-3-4-12(2)17(11)15-6-5-14-10-16-8-7-13(14)9-15;;;;/h3-6,9-10H,7-8H2,1-2H3;;3*1H/q;+3;;;/p-3. The van der Waals surface area contributed by atoms with Gasteiger partial charge in [-0.3, -0.25) is 4.99 Å². The van der Waals surface area contributed by atoms with Gasteiger partial charge in [0.2, 0.25) is 0 Å². The summed E-state index contributed by atoms with van der Waals surface area (Å²) in [5.74, 6) is 0. The van der Waals surface area contributed by atoms with Crippen molar-refractivity contribution >= 4 is 14.6 Å². The van der Waals surface area contributed by atoms with Gasteiger partial charge in [0.25, 0.3) is 0 Å². The summed E-state index contributed by atoms with van der Waals surface area (Å²) in [7, 11) is 0. The van der Waals surface area contributed by atoms with Crippen LogP contribution in [0.15, 0.2) is 35.3 Å². The fourth-order valence-electron chi connectivity index (χ4n) is 2.50. The van der Waals surface area contributed by atoms with Gasteiger partial charge in [0.15, 0.2) is 0 Å². The zero-order chi connectivity index (χ0) is 11.8. The summed E-state index contributed by atoms with van der Waals surface area (Å²) >= 11 is 0. The number of aliphatic imine (C=N–C) groups is 1. The minimum atomic E-state index is 0. The second-order valence-corrected chi connectivity index (χ2v) is 4.62. The molecule has 6 heteroatoms. The summed E-state index contributed by atoms with van der Waals surface area (Å²) in [4.78, 5) is 4.31. The van der Waals surface area contributed by atoms with Gasteiger partial charge in [0, 0.05) is 29.8 Å². The molecule has 3 rings (SSSR count). The van der Waals surface area contributed by atoms with Gasteiger partial charge in [0.05, 0.1) is 0 Å². The van der Waals surface area contributed by atoms with Crippen molar-refractivity contribution < 1.29 is 14.1 Å². The molecule has 1 aliphatic heterocycles. The first-order chi connectivity index (χ1) is 8.25. The third-order valence-corrected chi connectivity index (χ3v) is 3.40. The van der Waals surface area contributed by atoms with E-state index in [1.807, 2.05) is 6.21 Å². The van der Waals surface area contributed by atoms with Crippen LogP contribution in [0.3, 0.4) is 0 Å². The maximum absolute atomic E-state index is 4.31. The van der Waals surface area contributed by atoms with Gasteiger partial charge in [-0.1, -0.05) is 6.07 Å². The molecule has 2 heterocycles. The van der Waals surface area contributed by atoms with E-state index in [2.05, 4.69) is 53.7 Å². The van der Waals surface area contributed by atoms with Crippen molar-refractivity contribution in [2.45, 2.75) is 20.3 Å². The molecule has 0 radical (unpaired) electrons. The third-order valence-electron chi connectivity index (χ3n) is 3.40. The minimum Gasteiger partial charge on any atom is -1.00 e. The molecular weight excluding hydrogens is 276 g/mol. The first kappa shape index (κ1) is 21.3. The molecule has 0 spiro atoms. The van der Waals surface area contributed by atoms with Gasteiger partial charge in [-0.15, -0.1) is 0 Å². The first-order valence-corrected chi connectivity index (χ1v) is 6.04. The molecule has 0 amide bonds. The van der Waals surface area contributed by atoms with Crippen LogP contribution in [0.5, 0.6) is 0 Å². The van der Waals surface area contributed by atoms with E-state index in [0.29, 0.717) is 0 Å². The second-order valence-electron chi connectivity index (χ2n) is 4.62. The Morgan fingerprint density at radius 1 is 0.952 bits per heavy atom. The molecule has 1 aliphatic rings. The van der Waals surface area contributed by atoms with E-state index in [-0.39, 0.29) is 22.5 Å². The van der Waals surface area contributed by atoms with Crippen LogP contribution in [0, 0.1) is 13.8 Å². The maximum atomic E-state index is 4.31. The van der Waals surface area contributed by atoms with E-state index in [1.165, 1.54) is 28.2 Å². The largest absolute Gasteiger partial charge is 3.00 e. The predicted molar refractivity (Wildman–Crippen MR) is 77.2 cm³/mol. The Kier molecular flexibility index (Phi) is 8.47. The Hall–Kier alpha value is -1.98. The second kappa shape index (κ2) is 8.34. The predicted octanol–water partition coefficient (Wildman–Crippen LogP) is -6.30. The first-order valence-electron chi connectivity index (χ1n) is 6.04. The molecule has 2 aromatic rings. The van der Waals surface area contributed by atoms with E-state index in [1.54, 1.807) is 0 Å². The van der Waals surface area contributed by atoms with Crippen molar-refractivity contribution in [2.75, 3.05) is 6.54 Å². The summed E-state index contributed by atoms with van der Waals surface area (Å²) in [5.41, 5.74) is 6.50. The number of hydrogen-bond acceptors (Lipinski definition) is 1. The maximum Gasteiger partial charge on any atom is 3.00 e. The minimum absolute atomic E-state index is 0. The van der Waals surface area contributed by atoms with Crippen LogP contribution in [0.2, 0.25) is 0 Å². The zero-order valence-electron chi connectivity index (χ0n) is 12.0. The Labute approximate surface area is 124 Å². The number of fused-ring (bicyclic) bond motifs is 1. The Morgan fingerprint density at radius 3 is 2.19 bits per heavy atom. The SMILES string of the molecule is Cc1ccc(C)n1-c1ccc2c(c1)CCN=C2.[B+3].[F-].[F-].[F-]. The average molecular weight is 292 g/mol.